The van der Waals surface area contributed by atoms with E-state index in [1.54, 1.807) is 16.9 Å². The molecule has 3 atom stereocenters. The van der Waals surface area contributed by atoms with Crippen LogP contribution in [-0.4, -0.2) is 51.0 Å². The molecule has 1 saturated heterocycles. The third-order valence-corrected chi connectivity index (χ3v) is 5.73. The van der Waals surface area contributed by atoms with Crippen LogP contribution in [0.15, 0.2) is 30.5 Å². The molecule has 1 fully saturated rings. The summed E-state index contributed by atoms with van der Waals surface area (Å²) >= 11 is 0. The average molecular weight is 388 g/mol. The van der Waals surface area contributed by atoms with E-state index in [2.05, 4.69) is 34.4 Å². The van der Waals surface area contributed by atoms with E-state index in [1.807, 2.05) is 13.0 Å². The van der Waals surface area contributed by atoms with Gasteiger partial charge in [-0.05, 0) is 57.7 Å². The number of hydrogen-bond acceptors (Lipinski definition) is 4. The Morgan fingerprint density at radius 3 is 2.79 bits per heavy atom. The van der Waals surface area contributed by atoms with Crippen molar-refractivity contribution in [2.75, 3.05) is 13.1 Å². The molecule has 0 spiro atoms. The van der Waals surface area contributed by atoms with Crippen LogP contribution in [0.5, 0.6) is 0 Å². The van der Waals surface area contributed by atoms with Crippen LogP contribution in [0.2, 0.25) is 0 Å². The highest BCUT2D eigenvalue weighted by Gasteiger charge is 2.24. The molecule has 2 heterocycles. The highest BCUT2D eigenvalue weighted by Crippen LogP contribution is 2.22. The van der Waals surface area contributed by atoms with Gasteiger partial charge < -0.3 is 5.32 Å². The van der Waals surface area contributed by atoms with Crippen LogP contribution in [0, 0.1) is 5.82 Å². The number of aromatic nitrogens is 3. The summed E-state index contributed by atoms with van der Waals surface area (Å²) in [4.78, 5) is 14.9. The molecule has 0 bridgehead atoms. The molecule has 7 heteroatoms. The highest BCUT2D eigenvalue weighted by molar-refractivity contribution is 5.91. The SMILES string of the molecule is C[C@@H]1CCC[C@H](C)N1CCCNC(=O)c1cn([C@@H](C)c2cccc(F)c2)nn1. The van der Waals surface area contributed by atoms with Crippen LogP contribution in [0.1, 0.15) is 68.5 Å². The van der Waals surface area contributed by atoms with Crippen molar-refractivity contribution in [3.05, 3.63) is 47.5 Å². The molecule has 152 valence electrons. The lowest BCUT2D eigenvalue weighted by Gasteiger charge is -2.39. The molecule has 1 N–H and O–H groups in total. The lowest BCUT2D eigenvalue weighted by atomic mass is 9.97. The Hall–Kier alpha value is -2.28. The van der Waals surface area contributed by atoms with Crippen LogP contribution >= 0.6 is 0 Å². The predicted octanol–water partition coefficient (Wildman–Crippen LogP) is 3.41. The summed E-state index contributed by atoms with van der Waals surface area (Å²) in [7, 11) is 0. The zero-order valence-electron chi connectivity index (χ0n) is 16.9. The minimum Gasteiger partial charge on any atom is -0.351 e. The second-order valence-corrected chi connectivity index (χ2v) is 7.79. The third kappa shape index (κ3) is 4.95. The van der Waals surface area contributed by atoms with Crippen LogP contribution in [-0.2, 0) is 0 Å². The maximum atomic E-state index is 13.4. The Kier molecular flexibility index (Phi) is 6.78. The summed E-state index contributed by atoms with van der Waals surface area (Å²) in [5.41, 5.74) is 1.06. The fourth-order valence-corrected chi connectivity index (χ4v) is 3.96. The van der Waals surface area contributed by atoms with E-state index < -0.39 is 0 Å². The molecule has 0 saturated carbocycles. The third-order valence-electron chi connectivity index (χ3n) is 5.73. The van der Waals surface area contributed by atoms with Gasteiger partial charge in [-0.1, -0.05) is 23.8 Å². The molecule has 1 aliphatic rings. The first-order chi connectivity index (χ1) is 13.5. The van der Waals surface area contributed by atoms with E-state index >= 15 is 0 Å². The van der Waals surface area contributed by atoms with Gasteiger partial charge in [0.15, 0.2) is 5.69 Å². The molecule has 28 heavy (non-hydrogen) atoms. The summed E-state index contributed by atoms with van der Waals surface area (Å²) < 4.78 is 15.0. The normalized spacial score (nSPS) is 21.4. The van der Waals surface area contributed by atoms with Crippen LogP contribution in [0.25, 0.3) is 0 Å². The van der Waals surface area contributed by atoms with Crippen molar-refractivity contribution in [3.63, 3.8) is 0 Å². The van der Waals surface area contributed by atoms with Crippen molar-refractivity contribution in [2.45, 2.75) is 64.6 Å². The van der Waals surface area contributed by atoms with Gasteiger partial charge in [0.25, 0.3) is 5.91 Å². The monoisotopic (exact) mass is 387 g/mol. The number of amides is 1. The zero-order chi connectivity index (χ0) is 20.1. The Morgan fingerprint density at radius 1 is 1.32 bits per heavy atom. The molecular weight excluding hydrogens is 357 g/mol. The Morgan fingerprint density at radius 2 is 2.07 bits per heavy atom. The number of likely N-dealkylation sites (tertiary alicyclic amines) is 1. The lowest BCUT2D eigenvalue weighted by molar-refractivity contribution is 0.0921. The van der Waals surface area contributed by atoms with Gasteiger partial charge in [-0.2, -0.15) is 0 Å². The fourth-order valence-electron chi connectivity index (χ4n) is 3.96. The maximum Gasteiger partial charge on any atom is 0.273 e. The second-order valence-electron chi connectivity index (χ2n) is 7.79. The van der Waals surface area contributed by atoms with E-state index in [1.165, 1.54) is 31.4 Å². The summed E-state index contributed by atoms with van der Waals surface area (Å²) in [6.07, 6.45) is 6.33. The number of nitrogens with one attached hydrogen (secondary N) is 1. The highest BCUT2D eigenvalue weighted by atomic mass is 19.1. The zero-order valence-corrected chi connectivity index (χ0v) is 16.9. The predicted molar refractivity (Wildman–Crippen MR) is 107 cm³/mol. The van der Waals surface area contributed by atoms with Crippen molar-refractivity contribution < 1.29 is 9.18 Å². The number of rotatable bonds is 7. The molecule has 1 aromatic carbocycles. The second kappa shape index (κ2) is 9.28. The summed E-state index contributed by atoms with van der Waals surface area (Å²) in [5.74, 6) is -0.516. The molecule has 1 amide bonds. The van der Waals surface area contributed by atoms with Gasteiger partial charge in [0.2, 0.25) is 0 Å². The standard InChI is InChI=1S/C21H30FN5O/c1-15-7-4-8-16(2)26(15)12-6-11-23-21(28)20-14-27(25-24-20)17(3)18-9-5-10-19(22)13-18/h5,9-10,13-17H,4,6-8,11-12H2,1-3H3,(H,23,28)/t15-,16+,17-/m0/s1. The minimum atomic E-state index is -0.292. The molecule has 2 aromatic rings. The van der Waals surface area contributed by atoms with E-state index in [4.69, 9.17) is 0 Å². The van der Waals surface area contributed by atoms with E-state index in [0.29, 0.717) is 18.6 Å². The summed E-state index contributed by atoms with van der Waals surface area (Å²) in [6, 6.07) is 7.39. The van der Waals surface area contributed by atoms with E-state index in [0.717, 1.165) is 18.5 Å². The van der Waals surface area contributed by atoms with Gasteiger partial charge in [0.1, 0.15) is 5.82 Å². The number of halogens is 1. The molecule has 0 radical (unpaired) electrons. The van der Waals surface area contributed by atoms with E-state index in [9.17, 15) is 9.18 Å². The minimum absolute atomic E-state index is 0.202. The fraction of sp³-hybridized carbons (Fsp3) is 0.571. The Labute approximate surface area is 166 Å². The smallest absolute Gasteiger partial charge is 0.273 e. The molecule has 3 rings (SSSR count). The number of carbonyl (C=O) groups excluding carboxylic acids is 1. The summed E-state index contributed by atoms with van der Waals surface area (Å²) in [5, 5.41) is 10.9. The number of carbonyl (C=O) groups is 1. The maximum absolute atomic E-state index is 13.4. The van der Waals surface area contributed by atoms with Gasteiger partial charge in [-0.25, -0.2) is 9.07 Å². The molecule has 6 nitrogen and oxygen atoms in total. The van der Waals surface area contributed by atoms with Crippen molar-refractivity contribution in [3.8, 4) is 0 Å². The van der Waals surface area contributed by atoms with Crippen LogP contribution < -0.4 is 5.32 Å². The number of nitrogens with zero attached hydrogens (tertiary/aromatic N) is 4. The van der Waals surface area contributed by atoms with Gasteiger partial charge >= 0.3 is 0 Å². The van der Waals surface area contributed by atoms with E-state index in [-0.39, 0.29) is 23.5 Å². The first-order valence-electron chi connectivity index (χ1n) is 10.2. The molecule has 1 aromatic heterocycles. The molecule has 0 unspecified atom stereocenters. The Balaban J connectivity index is 1.49. The largest absolute Gasteiger partial charge is 0.351 e. The summed E-state index contributed by atoms with van der Waals surface area (Å²) in [6.45, 7) is 8.07. The first-order valence-corrected chi connectivity index (χ1v) is 10.2. The first kappa shape index (κ1) is 20.5. The number of piperidine rings is 1. The van der Waals surface area contributed by atoms with Crippen molar-refractivity contribution in [1.82, 2.24) is 25.2 Å². The van der Waals surface area contributed by atoms with Gasteiger partial charge in [-0.3, -0.25) is 9.69 Å². The molecule has 1 aliphatic heterocycles. The van der Waals surface area contributed by atoms with Crippen molar-refractivity contribution >= 4 is 5.91 Å². The van der Waals surface area contributed by atoms with Gasteiger partial charge in [0, 0.05) is 25.2 Å². The topological polar surface area (TPSA) is 63.1 Å². The van der Waals surface area contributed by atoms with Crippen molar-refractivity contribution in [2.24, 2.45) is 0 Å². The van der Waals surface area contributed by atoms with Crippen LogP contribution in [0.4, 0.5) is 4.39 Å². The van der Waals surface area contributed by atoms with Gasteiger partial charge in [-0.15, -0.1) is 5.10 Å². The lowest BCUT2D eigenvalue weighted by Crippen LogP contribution is -2.44. The quantitative estimate of drug-likeness (QED) is 0.740. The molecule has 0 aliphatic carbocycles. The van der Waals surface area contributed by atoms with Crippen molar-refractivity contribution in [1.29, 1.82) is 0 Å². The average Bonchev–Trinajstić information content (AvgIpc) is 3.16. The Bertz CT molecular complexity index is 783. The number of hydrogen-bond donors (Lipinski definition) is 1. The number of benzene rings is 1. The van der Waals surface area contributed by atoms with Crippen LogP contribution in [0.3, 0.4) is 0 Å². The van der Waals surface area contributed by atoms with Gasteiger partial charge in [0.05, 0.1) is 12.2 Å². The molecular formula is C21H30FN5O.